The summed E-state index contributed by atoms with van der Waals surface area (Å²) in [4.78, 5) is 2.70. The predicted molar refractivity (Wildman–Crippen MR) is 107 cm³/mol. The van der Waals surface area contributed by atoms with E-state index in [0.29, 0.717) is 37.0 Å². The summed E-state index contributed by atoms with van der Waals surface area (Å²) < 4.78 is 27.7. The molecule has 0 radical (unpaired) electrons. The lowest BCUT2D eigenvalue weighted by Gasteiger charge is -2.35. The van der Waals surface area contributed by atoms with Crippen molar-refractivity contribution in [1.82, 2.24) is 4.31 Å². The first-order valence-corrected chi connectivity index (χ1v) is 10.7. The second-order valence-electron chi connectivity index (χ2n) is 7.41. The van der Waals surface area contributed by atoms with Crippen LogP contribution in [-0.2, 0) is 10.0 Å². The minimum Gasteiger partial charge on any atom is -0.369 e. The van der Waals surface area contributed by atoms with Crippen molar-refractivity contribution < 1.29 is 8.42 Å². The summed E-state index contributed by atoms with van der Waals surface area (Å²) in [5, 5.41) is 0. The smallest absolute Gasteiger partial charge is 0.243 e. The predicted octanol–water partition coefficient (Wildman–Crippen LogP) is 3.94. The molecule has 2 aromatic carbocycles. The fourth-order valence-corrected chi connectivity index (χ4v) is 5.11. The molecule has 0 spiro atoms. The summed E-state index contributed by atoms with van der Waals surface area (Å²) >= 11 is 0. The molecule has 5 heteroatoms. The van der Waals surface area contributed by atoms with Crippen molar-refractivity contribution in [2.75, 3.05) is 31.1 Å². The van der Waals surface area contributed by atoms with Crippen LogP contribution in [0.3, 0.4) is 0 Å². The van der Waals surface area contributed by atoms with Crippen molar-refractivity contribution in [3.63, 3.8) is 0 Å². The summed E-state index contributed by atoms with van der Waals surface area (Å²) in [6.07, 6.45) is 0. The number of anilines is 1. The quantitative estimate of drug-likeness (QED) is 0.816. The first kappa shape index (κ1) is 18.9. The zero-order valence-electron chi connectivity index (χ0n) is 16.1. The van der Waals surface area contributed by atoms with E-state index in [2.05, 4.69) is 43.0 Å². The van der Waals surface area contributed by atoms with Gasteiger partial charge in [-0.2, -0.15) is 4.31 Å². The zero-order valence-corrected chi connectivity index (χ0v) is 16.9. The molecular weight excluding hydrogens is 344 g/mol. The van der Waals surface area contributed by atoms with Gasteiger partial charge in [0.15, 0.2) is 0 Å². The van der Waals surface area contributed by atoms with Gasteiger partial charge in [-0.25, -0.2) is 8.42 Å². The van der Waals surface area contributed by atoms with Crippen LogP contribution in [0, 0.1) is 13.8 Å². The molecule has 4 nitrogen and oxygen atoms in total. The lowest BCUT2D eigenvalue weighted by atomic mass is 10.0. The van der Waals surface area contributed by atoms with E-state index in [0.717, 1.165) is 16.8 Å². The molecule has 0 bridgehead atoms. The van der Waals surface area contributed by atoms with Crippen LogP contribution in [0.2, 0.25) is 0 Å². The van der Waals surface area contributed by atoms with Gasteiger partial charge in [-0.1, -0.05) is 38.1 Å². The lowest BCUT2D eigenvalue weighted by molar-refractivity contribution is 0.384. The third kappa shape index (κ3) is 3.79. The van der Waals surface area contributed by atoms with Gasteiger partial charge in [0.2, 0.25) is 10.0 Å². The molecule has 1 heterocycles. The second kappa shape index (κ2) is 7.41. The highest BCUT2D eigenvalue weighted by Crippen LogP contribution is 2.25. The fraction of sp³-hybridized carbons (Fsp3) is 0.429. The van der Waals surface area contributed by atoms with Crippen molar-refractivity contribution >= 4 is 15.7 Å². The molecule has 1 fully saturated rings. The van der Waals surface area contributed by atoms with Crippen molar-refractivity contribution in [2.45, 2.75) is 38.5 Å². The Bertz CT molecular complexity index is 865. The van der Waals surface area contributed by atoms with Crippen molar-refractivity contribution in [3.8, 4) is 0 Å². The molecule has 140 valence electrons. The van der Waals surface area contributed by atoms with Crippen LogP contribution in [0.4, 0.5) is 5.69 Å². The Hall–Kier alpha value is -1.85. The molecule has 0 amide bonds. The monoisotopic (exact) mass is 372 g/mol. The first-order valence-electron chi connectivity index (χ1n) is 9.21. The first-order chi connectivity index (χ1) is 12.3. The largest absolute Gasteiger partial charge is 0.369 e. The third-order valence-corrected chi connectivity index (χ3v) is 7.17. The Morgan fingerprint density at radius 3 is 2.08 bits per heavy atom. The number of nitrogens with zero attached hydrogens (tertiary/aromatic N) is 2. The van der Waals surface area contributed by atoms with Gasteiger partial charge in [-0.05, 0) is 54.7 Å². The van der Waals surface area contributed by atoms with Gasteiger partial charge in [0.25, 0.3) is 0 Å². The van der Waals surface area contributed by atoms with Gasteiger partial charge in [-0.15, -0.1) is 0 Å². The number of aryl methyl sites for hydroxylation is 2. The van der Waals surface area contributed by atoms with Crippen LogP contribution in [-0.4, -0.2) is 38.9 Å². The van der Waals surface area contributed by atoms with Crippen LogP contribution in [0.15, 0.2) is 47.4 Å². The van der Waals surface area contributed by atoms with Gasteiger partial charge in [-0.3, -0.25) is 0 Å². The molecule has 3 rings (SSSR count). The van der Waals surface area contributed by atoms with Crippen molar-refractivity contribution in [1.29, 1.82) is 0 Å². The molecule has 0 aliphatic carbocycles. The lowest BCUT2D eigenvalue weighted by Crippen LogP contribution is -2.48. The minimum absolute atomic E-state index is 0.437. The summed E-state index contributed by atoms with van der Waals surface area (Å²) in [5.74, 6) is 0.517. The fourth-order valence-electron chi connectivity index (χ4n) is 3.38. The highest BCUT2D eigenvalue weighted by molar-refractivity contribution is 7.89. The van der Waals surface area contributed by atoms with E-state index < -0.39 is 10.0 Å². The number of rotatable bonds is 4. The van der Waals surface area contributed by atoms with Crippen LogP contribution < -0.4 is 4.90 Å². The minimum atomic E-state index is -3.43. The second-order valence-corrected chi connectivity index (χ2v) is 9.31. The van der Waals surface area contributed by atoms with Crippen molar-refractivity contribution in [2.24, 2.45) is 0 Å². The Morgan fingerprint density at radius 2 is 1.50 bits per heavy atom. The van der Waals surface area contributed by atoms with Crippen molar-refractivity contribution in [3.05, 3.63) is 59.2 Å². The van der Waals surface area contributed by atoms with Crippen LogP contribution in [0.25, 0.3) is 0 Å². The zero-order chi connectivity index (χ0) is 18.9. The van der Waals surface area contributed by atoms with Gasteiger partial charge in [0, 0.05) is 31.9 Å². The molecule has 0 aromatic heterocycles. The number of sulfonamides is 1. The average Bonchev–Trinajstić information content (AvgIpc) is 2.64. The Balaban J connectivity index is 1.72. The number of benzene rings is 2. The van der Waals surface area contributed by atoms with Gasteiger partial charge in [0.1, 0.15) is 0 Å². The molecule has 0 N–H and O–H groups in total. The molecule has 1 saturated heterocycles. The molecule has 1 aliphatic heterocycles. The summed E-state index contributed by atoms with van der Waals surface area (Å²) in [6.45, 7) is 10.6. The molecule has 1 aliphatic rings. The topological polar surface area (TPSA) is 40.6 Å². The van der Waals surface area contributed by atoms with E-state index >= 15 is 0 Å². The van der Waals surface area contributed by atoms with Crippen LogP contribution in [0.1, 0.15) is 36.5 Å². The highest BCUT2D eigenvalue weighted by Gasteiger charge is 2.29. The molecule has 26 heavy (non-hydrogen) atoms. The van der Waals surface area contributed by atoms with E-state index in [1.807, 2.05) is 26.0 Å². The van der Waals surface area contributed by atoms with E-state index in [1.54, 1.807) is 10.4 Å². The number of hydrogen-bond donors (Lipinski definition) is 0. The normalized spacial score (nSPS) is 16.3. The standard InChI is InChI=1S/C21H28N2O2S/c1-16(2)19-7-9-20(10-8-19)22-11-13-23(14-12-22)26(24,25)21-15-17(3)5-6-18(21)4/h5-10,15-16H,11-14H2,1-4H3. The van der Waals surface area contributed by atoms with E-state index in [1.165, 1.54) is 5.56 Å². The number of hydrogen-bond acceptors (Lipinski definition) is 3. The van der Waals surface area contributed by atoms with Crippen LogP contribution >= 0.6 is 0 Å². The third-order valence-electron chi connectivity index (χ3n) is 5.13. The molecule has 0 saturated carbocycles. The van der Waals surface area contributed by atoms with Gasteiger partial charge >= 0.3 is 0 Å². The van der Waals surface area contributed by atoms with E-state index in [9.17, 15) is 8.42 Å². The number of piperazine rings is 1. The Labute approximate surface area is 157 Å². The molecule has 0 unspecified atom stereocenters. The molecule has 0 atom stereocenters. The van der Waals surface area contributed by atoms with Crippen LogP contribution in [0.5, 0.6) is 0 Å². The van der Waals surface area contributed by atoms with Gasteiger partial charge in [0.05, 0.1) is 4.90 Å². The molecule has 2 aromatic rings. The van der Waals surface area contributed by atoms with E-state index in [-0.39, 0.29) is 0 Å². The maximum Gasteiger partial charge on any atom is 0.243 e. The maximum absolute atomic E-state index is 13.0. The summed E-state index contributed by atoms with van der Waals surface area (Å²) in [5.41, 5.74) is 4.27. The SMILES string of the molecule is Cc1ccc(C)c(S(=O)(=O)N2CCN(c3ccc(C(C)C)cc3)CC2)c1. The highest BCUT2D eigenvalue weighted by atomic mass is 32.2. The maximum atomic E-state index is 13.0. The Kier molecular flexibility index (Phi) is 5.39. The average molecular weight is 373 g/mol. The van der Waals surface area contributed by atoms with Gasteiger partial charge < -0.3 is 4.90 Å². The summed E-state index contributed by atoms with van der Waals surface area (Å²) in [7, 11) is -3.43. The van der Waals surface area contributed by atoms with E-state index in [4.69, 9.17) is 0 Å². The Morgan fingerprint density at radius 1 is 0.885 bits per heavy atom. The summed E-state index contributed by atoms with van der Waals surface area (Å²) in [6, 6.07) is 14.2. The molecular formula is C21H28N2O2S.